The van der Waals surface area contributed by atoms with Crippen LogP contribution in [0.15, 0.2) is 22.7 Å². The number of rotatable bonds is 4. The standard InChI is InChI=1S/C14H14ClNO5S/c1-9-4-11(21-16-9)8-22(17,18)7-10-5-12(15)14-13(6-10)19-2-3-20-14/h4-6H,2-3,7-8H2,1H3. The lowest BCUT2D eigenvalue weighted by Crippen LogP contribution is -2.16. The summed E-state index contributed by atoms with van der Waals surface area (Å²) in [5.74, 6) is 0.878. The number of ether oxygens (including phenoxy) is 2. The molecule has 0 atom stereocenters. The Hall–Kier alpha value is -1.73. The van der Waals surface area contributed by atoms with E-state index in [1.54, 1.807) is 25.1 Å². The molecule has 0 spiro atoms. The fourth-order valence-corrected chi connectivity index (χ4v) is 3.89. The number of sulfone groups is 1. The van der Waals surface area contributed by atoms with Gasteiger partial charge in [-0.15, -0.1) is 0 Å². The maximum atomic E-state index is 12.3. The Labute approximate surface area is 132 Å². The summed E-state index contributed by atoms with van der Waals surface area (Å²) in [4.78, 5) is 0. The van der Waals surface area contributed by atoms with Gasteiger partial charge in [-0.05, 0) is 24.6 Å². The predicted octanol–water partition coefficient (Wildman–Crippen LogP) is 2.52. The van der Waals surface area contributed by atoms with E-state index in [4.69, 9.17) is 25.6 Å². The summed E-state index contributed by atoms with van der Waals surface area (Å²) in [5, 5.41) is 4.03. The van der Waals surface area contributed by atoms with Crippen LogP contribution in [0.2, 0.25) is 5.02 Å². The van der Waals surface area contributed by atoms with E-state index in [-0.39, 0.29) is 11.5 Å². The highest BCUT2D eigenvalue weighted by Crippen LogP contribution is 2.38. The molecule has 0 radical (unpaired) electrons. The number of fused-ring (bicyclic) bond motifs is 1. The molecule has 2 aromatic rings. The highest BCUT2D eigenvalue weighted by Gasteiger charge is 2.21. The van der Waals surface area contributed by atoms with Gasteiger partial charge < -0.3 is 14.0 Å². The Kier molecular flexibility index (Phi) is 4.01. The number of aromatic nitrogens is 1. The van der Waals surface area contributed by atoms with Gasteiger partial charge in [-0.1, -0.05) is 16.8 Å². The first-order valence-corrected chi connectivity index (χ1v) is 8.83. The zero-order valence-corrected chi connectivity index (χ0v) is 13.4. The van der Waals surface area contributed by atoms with Crippen molar-refractivity contribution in [3.8, 4) is 11.5 Å². The Morgan fingerprint density at radius 1 is 1.18 bits per heavy atom. The second-order valence-corrected chi connectivity index (χ2v) is 7.54. The molecule has 1 aromatic carbocycles. The maximum Gasteiger partial charge on any atom is 0.179 e. The molecule has 0 N–H and O–H groups in total. The van der Waals surface area contributed by atoms with Gasteiger partial charge in [0.2, 0.25) is 0 Å². The third kappa shape index (κ3) is 3.36. The molecule has 0 amide bonds. The van der Waals surface area contributed by atoms with Crippen LogP contribution in [0.3, 0.4) is 0 Å². The minimum absolute atomic E-state index is 0.164. The number of nitrogens with zero attached hydrogens (tertiary/aromatic N) is 1. The molecule has 0 unspecified atom stereocenters. The van der Waals surface area contributed by atoms with Crippen LogP contribution < -0.4 is 9.47 Å². The van der Waals surface area contributed by atoms with Gasteiger partial charge in [0, 0.05) is 6.07 Å². The second-order valence-electron chi connectivity index (χ2n) is 5.07. The SMILES string of the molecule is Cc1cc(CS(=O)(=O)Cc2cc(Cl)c3c(c2)OCCO3)on1. The monoisotopic (exact) mass is 343 g/mol. The third-order valence-electron chi connectivity index (χ3n) is 3.08. The molecule has 8 heteroatoms. The summed E-state index contributed by atoms with van der Waals surface area (Å²) in [6.07, 6.45) is 0. The number of aryl methyl sites for hydroxylation is 1. The summed E-state index contributed by atoms with van der Waals surface area (Å²) < 4.78 is 40.3. The Morgan fingerprint density at radius 2 is 1.95 bits per heavy atom. The molecular formula is C14H14ClNO5S. The predicted molar refractivity (Wildman–Crippen MR) is 80.0 cm³/mol. The molecule has 0 saturated carbocycles. The quantitative estimate of drug-likeness (QED) is 0.848. The zero-order chi connectivity index (χ0) is 15.7. The van der Waals surface area contributed by atoms with Crippen LogP contribution >= 0.6 is 11.6 Å². The Balaban J connectivity index is 1.81. The first-order valence-electron chi connectivity index (χ1n) is 6.63. The molecule has 1 aliphatic heterocycles. The Bertz CT molecular complexity index is 800. The molecule has 1 aliphatic rings. The summed E-state index contributed by atoms with van der Waals surface area (Å²) in [5.41, 5.74) is 1.19. The third-order valence-corrected chi connectivity index (χ3v) is 4.86. The van der Waals surface area contributed by atoms with Gasteiger partial charge in [-0.3, -0.25) is 0 Å². The molecule has 3 rings (SSSR count). The first kappa shape index (κ1) is 15.2. The average Bonchev–Trinajstić information content (AvgIpc) is 2.82. The fourth-order valence-electron chi connectivity index (χ4n) is 2.25. The lowest BCUT2D eigenvalue weighted by atomic mass is 10.2. The smallest absolute Gasteiger partial charge is 0.179 e. The van der Waals surface area contributed by atoms with Gasteiger partial charge in [0.15, 0.2) is 27.1 Å². The van der Waals surface area contributed by atoms with Crippen molar-refractivity contribution < 1.29 is 22.4 Å². The van der Waals surface area contributed by atoms with Gasteiger partial charge in [-0.2, -0.15) is 0 Å². The molecule has 0 bridgehead atoms. The highest BCUT2D eigenvalue weighted by atomic mass is 35.5. The van der Waals surface area contributed by atoms with Gasteiger partial charge >= 0.3 is 0 Å². The van der Waals surface area contributed by atoms with Crippen LogP contribution in [-0.4, -0.2) is 26.8 Å². The van der Waals surface area contributed by atoms with Crippen molar-refractivity contribution in [1.29, 1.82) is 0 Å². The minimum Gasteiger partial charge on any atom is -0.486 e. The first-order chi connectivity index (χ1) is 10.4. The molecular weight excluding hydrogens is 330 g/mol. The number of hydrogen-bond acceptors (Lipinski definition) is 6. The lowest BCUT2D eigenvalue weighted by Gasteiger charge is -2.20. The van der Waals surface area contributed by atoms with Crippen LogP contribution in [0.1, 0.15) is 17.0 Å². The normalized spacial score (nSPS) is 14.1. The minimum atomic E-state index is -3.41. The van der Waals surface area contributed by atoms with E-state index < -0.39 is 9.84 Å². The number of benzene rings is 1. The summed E-state index contributed by atoms with van der Waals surface area (Å²) >= 11 is 6.11. The van der Waals surface area contributed by atoms with E-state index in [1.807, 2.05) is 0 Å². The molecule has 0 saturated heterocycles. The molecule has 2 heterocycles. The number of hydrogen-bond donors (Lipinski definition) is 0. The van der Waals surface area contributed by atoms with E-state index in [0.29, 0.717) is 46.8 Å². The maximum absolute atomic E-state index is 12.3. The summed E-state index contributed by atoms with van der Waals surface area (Å²) in [6.45, 7) is 2.58. The topological polar surface area (TPSA) is 78.6 Å². The zero-order valence-electron chi connectivity index (χ0n) is 11.8. The van der Waals surface area contributed by atoms with Crippen LogP contribution in [0.25, 0.3) is 0 Å². The van der Waals surface area contributed by atoms with Gasteiger partial charge in [0.05, 0.1) is 16.5 Å². The van der Waals surface area contributed by atoms with Crippen LogP contribution in [-0.2, 0) is 21.3 Å². The van der Waals surface area contributed by atoms with Crippen LogP contribution in [0, 0.1) is 6.92 Å². The van der Waals surface area contributed by atoms with E-state index in [0.717, 1.165) is 0 Å². The van der Waals surface area contributed by atoms with Crippen molar-refractivity contribution in [3.63, 3.8) is 0 Å². The van der Waals surface area contributed by atoms with E-state index in [9.17, 15) is 8.42 Å². The van der Waals surface area contributed by atoms with Gasteiger partial charge in [0.25, 0.3) is 0 Å². The van der Waals surface area contributed by atoms with Crippen LogP contribution in [0.4, 0.5) is 0 Å². The molecule has 0 fully saturated rings. The van der Waals surface area contributed by atoms with Crippen molar-refractivity contribution in [3.05, 3.63) is 40.2 Å². The summed E-state index contributed by atoms with van der Waals surface area (Å²) in [6, 6.07) is 4.83. The van der Waals surface area contributed by atoms with E-state index in [2.05, 4.69) is 5.16 Å². The second kappa shape index (κ2) is 5.81. The Morgan fingerprint density at radius 3 is 2.68 bits per heavy atom. The number of halogens is 1. The van der Waals surface area contributed by atoms with E-state index >= 15 is 0 Å². The molecule has 118 valence electrons. The average molecular weight is 344 g/mol. The molecule has 6 nitrogen and oxygen atoms in total. The van der Waals surface area contributed by atoms with E-state index in [1.165, 1.54) is 0 Å². The van der Waals surface area contributed by atoms with Crippen molar-refractivity contribution in [2.45, 2.75) is 18.4 Å². The van der Waals surface area contributed by atoms with Crippen molar-refractivity contribution >= 4 is 21.4 Å². The fraction of sp³-hybridized carbons (Fsp3) is 0.357. The summed E-state index contributed by atoms with van der Waals surface area (Å²) in [7, 11) is -3.41. The highest BCUT2D eigenvalue weighted by molar-refractivity contribution is 7.89. The van der Waals surface area contributed by atoms with Crippen molar-refractivity contribution in [2.75, 3.05) is 13.2 Å². The van der Waals surface area contributed by atoms with Crippen molar-refractivity contribution in [1.82, 2.24) is 5.16 Å². The molecule has 1 aromatic heterocycles. The van der Waals surface area contributed by atoms with Crippen LogP contribution in [0.5, 0.6) is 11.5 Å². The largest absolute Gasteiger partial charge is 0.486 e. The molecule has 0 aliphatic carbocycles. The lowest BCUT2D eigenvalue weighted by molar-refractivity contribution is 0.171. The van der Waals surface area contributed by atoms with Gasteiger partial charge in [0.1, 0.15) is 19.0 Å². The van der Waals surface area contributed by atoms with Gasteiger partial charge in [-0.25, -0.2) is 8.42 Å². The van der Waals surface area contributed by atoms with Crippen molar-refractivity contribution in [2.24, 2.45) is 0 Å². The molecule has 22 heavy (non-hydrogen) atoms.